The van der Waals surface area contributed by atoms with Gasteiger partial charge in [-0.1, -0.05) is 19.3 Å². The molecular weight excluding hydrogens is 248 g/mol. The predicted molar refractivity (Wildman–Crippen MR) is 79.1 cm³/mol. The van der Waals surface area contributed by atoms with Crippen LogP contribution in [-0.2, 0) is 13.1 Å². The van der Waals surface area contributed by atoms with Gasteiger partial charge >= 0.3 is 0 Å². The topological polar surface area (TPSA) is 42.7 Å². The number of aromatic nitrogens is 3. The average molecular weight is 270 g/mol. The first kappa shape index (κ1) is 13.3. The molecule has 1 aliphatic carbocycles. The van der Waals surface area contributed by atoms with Gasteiger partial charge in [0.25, 0.3) is 0 Å². The van der Waals surface area contributed by atoms with Crippen molar-refractivity contribution >= 4 is 0 Å². The second-order valence-electron chi connectivity index (χ2n) is 5.54. The van der Waals surface area contributed by atoms with E-state index in [9.17, 15) is 0 Å². The molecule has 2 aromatic rings. The van der Waals surface area contributed by atoms with Gasteiger partial charge in [0.1, 0.15) is 0 Å². The molecule has 0 unspecified atom stereocenters. The summed E-state index contributed by atoms with van der Waals surface area (Å²) < 4.78 is 2.17. The third-order valence-electron chi connectivity index (χ3n) is 4.00. The van der Waals surface area contributed by atoms with Crippen LogP contribution in [0.1, 0.15) is 49.4 Å². The van der Waals surface area contributed by atoms with Crippen LogP contribution in [0.2, 0.25) is 0 Å². The van der Waals surface area contributed by atoms with Crippen molar-refractivity contribution in [1.82, 2.24) is 20.1 Å². The monoisotopic (exact) mass is 270 g/mol. The lowest BCUT2D eigenvalue weighted by Crippen LogP contribution is -2.16. The zero-order chi connectivity index (χ0) is 13.6. The Hall–Kier alpha value is -1.68. The van der Waals surface area contributed by atoms with Gasteiger partial charge in [-0.15, -0.1) is 0 Å². The van der Waals surface area contributed by atoms with Gasteiger partial charge in [0.15, 0.2) is 0 Å². The Balaban J connectivity index is 1.50. The lowest BCUT2D eigenvalue weighted by atomic mass is 9.96. The summed E-state index contributed by atoms with van der Waals surface area (Å²) in [6, 6.07) is 6.83. The van der Waals surface area contributed by atoms with Crippen molar-refractivity contribution in [3.63, 3.8) is 0 Å². The summed E-state index contributed by atoms with van der Waals surface area (Å²) in [5, 5.41) is 8.14. The van der Waals surface area contributed by atoms with E-state index in [4.69, 9.17) is 5.10 Å². The molecule has 3 rings (SSSR count). The minimum atomic E-state index is 0.623. The molecule has 106 valence electrons. The molecule has 0 atom stereocenters. The molecule has 20 heavy (non-hydrogen) atoms. The molecule has 0 saturated heterocycles. The Kier molecular flexibility index (Phi) is 4.43. The van der Waals surface area contributed by atoms with E-state index < -0.39 is 0 Å². The second-order valence-corrected chi connectivity index (χ2v) is 5.54. The molecule has 1 aliphatic rings. The van der Waals surface area contributed by atoms with Crippen LogP contribution in [0, 0.1) is 0 Å². The maximum absolute atomic E-state index is 4.71. The number of hydrogen-bond donors (Lipinski definition) is 1. The molecule has 0 radical (unpaired) electrons. The first-order valence-corrected chi connectivity index (χ1v) is 7.55. The van der Waals surface area contributed by atoms with Gasteiger partial charge in [0, 0.05) is 31.7 Å². The highest BCUT2D eigenvalue weighted by molar-refractivity contribution is 5.09. The van der Waals surface area contributed by atoms with Crippen molar-refractivity contribution in [1.29, 1.82) is 0 Å². The normalized spacial score (nSPS) is 16.4. The van der Waals surface area contributed by atoms with Gasteiger partial charge in [-0.2, -0.15) is 5.10 Å². The fraction of sp³-hybridized carbons (Fsp3) is 0.500. The maximum atomic E-state index is 4.71. The molecule has 4 nitrogen and oxygen atoms in total. The SMILES string of the molecule is c1cc(CNCc2ccn(C3CCCCC3)n2)ccn1. The van der Waals surface area contributed by atoms with E-state index in [0.717, 1.165) is 18.8 Å². The third kappa shape index (κ3) is 3.45. The molecule has 1 N–H and O–H groups in total. The fourth-order valence-electron chi connectivity index (χ4n) is 2.86. The van der Waals surface area contributed by atoms with Crippen LogP contribution in [-0.4, -0.2) is 14.8 Å². The highest BCUT2D eigenvalue weighted by Crippen LogP contribution is 2.27. The largest absolute Gasteiger partial charge is 0.307 e. The van der Waals surface area contributed by atoms with Crippen molar-refractivity contribution in [2.45, 2.75) is 51.2 Å². The lowest BCUT2D eigenvalue weighted by molar-refractivity contribution is 0.327. The van der Waals surface area contributed by atoms with Crippen LogP contribution in [0.15, 0.2) is 36.8 Å². The molecule has 4 heteroatoms. The van der Waals surface area contributed by atoms with E-state index in [0.29, 0.717) is 6.04 Å². The average Bonchev–Trinajstić information content (AvgIpc) is 2.98. The summed E-state index contributed by atoms with van der Waals surface area (Å²) in [6.07, 6.45) is 12.4. The quantitative estimate of drug-likeness (QED) is 0.908. The van der Waals surface area contributed by atoms with Crippen molar-refractivity contribution in [2.24, 2.45) is 0 Å². The van der Waals surface area contributed by atoms with Crippen LogP contribution >= 0.6 is 0 Å². The van der Waals surface area contributed by atoms with Gasteiger partial charge in [0.05, 0.1) is 11.7 Å². The van der Waals surface area contributed by atoms with Gasteiger partial charge < -0.3 is 5.32 Å². The Labute approximate surface area is 120 Å². The van der Waals surface area contributed by atoms with Gasteiger partial charge in [-0.25, -0.2) is 0 Å². The molecule has 0 bridgehead atoms. The summed E-state index contributed by atoms with van der Waals surface area (Å²) >= 11 is 0. The number of nitrogens with zero attached hydrogens (tertiary/aromatic N) is 3. The van der Waals surface area contributed by atoms with E-state index in [-0.39, 0.29) is 0 Å². The number of hydrogen-bond acceptors (Lipinski definition) is 3. The molecule has 0 aliphatic heterocycles. The number of pyridine rings is 1. The summed E-state index contributed by atoms with van der Waals surface area (Å²) in [6.45, 7) is 1.68. The Morgan fingerprint density at radius 3 is 2.65 bits per heavy atom. The number of rotatable bonds is 5. The molecule has 1 fully saturated rings. The third-order valence-corrected chi connectivity index (χ3v) is 4.00. The molecule has 2 heterocycles. The van der Waals surface area contributed by atoms with Crippen molar-refractivity contribution < 1.29 is 0 Å². The molecule has 2 aromatic heterocycles. The Morgan fingerprint density at radius 1 is 1.05 bits per heavy atom. The van der Waals surface area contributed by atoms with Gasteiger partial charge in [0.2, 0.25) is 0 Å². The van der Waals surface area contributed by atoms with Crippen molar-refractivity contribution in [3.8, 4) is 0 Å². The minimum Gasteiger partial charge on any atom is -0.307 e. The first-order valence-electron chi connectivity index (χ1n) is 7.55. The van der Waals surface area contributed by atoms with Crippen LogP contribution in [0.5, 0.6) is 0 Å². The first-order chi connectivity index (χ1) is 9.92. The molecule has 0 amide bonds. The summed E-state index contributed by atoms with van der Waals surface area (Å²) in [4.78, 5) is 4.02. The standard InChI is InChI=1S/C16H22N4/c1-2-4-16(5-3-1)20-11-8-15(19-20)13-18-12-14-6-9-17-10-7-14/h6-11,16,18H,1-5,12-13H2. The van der Waals surface area contributed by atoms with Gasteiger partial charge in [-0.05, 0) is 36.6 Å². The number of nitrogens with one attached hydrogen (secondary N) is 1. The highest BCUT2D eigenvalue weighted by Gasteiger charge is 2.15. The molecule has 0 spiro atoms. The highest BCUT2D eigenvalue weighted by atomic mass is 15.3. The second kappa shape index (κ2) is 6.66. The lowest BCUT2D eigenvalue weighted by Gasteiger charge is -2.21. The van der Waals surface area contributed by atoms with E-state index in [1.807, 2.05) is 24.5 Å². The molecule has 0 aromatic carbocycles. The fourth-order valence-corrected chi connectivity index (χ4v) is 2.86. The van der Waals surface area contributed by atoms with Crippen molar-refractivity contribution in [3.05, 3.63) is 48.0 Å². The van der Waals surface area contributed by atoms with Crippen molar-refractivity contribution in [2.75, 3.05) is 0 Å². The van der Waals surface area contributed by atoms with E-state index in [1.165, 1.54) is 37.7 Å². The Morgan fingerprint density at radius 2 is 1.85 bits per heavy atom. The van der Waals surface area contributed by atoms with Crippen LogP contribution in [0.3, 0.4) is 0 Å². The van der Waals surface area contributed by atoms with Crippen LogP contribution in [0.25, 0.3) is 0 Å². The summed E-state index contributed by atoms with van der Waals surface area (Å²) in [5.74, 6) is 0. The minimum absolute atomic E-state index is 0.623. The van der Waals surface area contributed by atoms with E-state index in [1.54, 1.807) is 0 Å². The Bertz CT molecular complexity index is 514. The molecule has 1 saturated carbocycles. The summed E-state index contributed by atoms with van der Waals surface area (Å²) in [5.41, 5.74) is 2.39. The van der Waals surface area contributed by atoms with Crippen LogP contribution in [0.4, 0.5) is 0 Å². The predicted octanol–water partition coefficient (Wildman–Crippen LogP) is 3.07. The van der Waals surface area contributed by atoms with Gasteiger partial charge in [-0.3, -0.25) is 9.67 Å². The zero-order valence-corrected chi connectivity index (χ0v) is 11.8. The van der Waals surface area contributed by atoms with E-state index >= 15 is 0 Å². The maximum Gasteiger partial charge on any atom is 0.0762 e. The zero-order valence-electron chi connectivity index (χ0n) is 11.8. The van der Waals surface area contributed by atoms with E-state index in [2.05, 4.69) is 27.2 Å². The smallest absolute Gasteiger partial charge is 0.0762 e. The summed E-state index contributed by atoms with van der Waals surface area (Å²) in [7, 11) is 0. The van der Waals surface area contributed by atoms with Crippen LogP contribution < -0.4 is 5.32 Å². The molecular formula is C16H22N4.